The average molecular weight is 335 g/mol. The van der Waals surface area contributed by atoms with Gasteiger partial charge in [-0.1, -0.05) is 30.3 Å². The van der Waals surface area contributed by atoms with Crippen LogP contribution >= 0.6 is 0 Å². The highest BCUT2D eigenvalue weighted by Crippen LogP contribution is 2.32. The van der Waals surface area contributed by atoms with Gasteiger partial charge in [-0.05, 0) is 36.2 Å². The second-order valence-electron chi connectivity index (χ2n) is 5.69. The topological polar surface area (TPSA) is 29.5 Å². The number of halogens is 3. The molecular formula is C18H16F3NO2. The molecular weight excluding hydrogens is 319 g/mol. The molecule has 1 unspecified atom stereocenters. The van der Waals surface area contributed by atoms with Crippen LogP contribution in [0.25, 0.3) is 0 Å². The maximum atomic E-state index is 12.2. The van der Waals surface area contributed by atoms with E-state index in [1.165, 1.54) is 24.3 Å². The van der Waals surface area contributed by atoms with Crippen LogP contribution in [0.4, 0.5) is 18.9 Å². The number of hydrogen-bond donors (Lipinski definition) is 0. The molecule has 0 saturated carbocycles. The molecule has 0 spiro atoms. The fraction of sp³-hybridized carbons (Fsp3) is 0.278. The van der Waals surface area contributed by atoms with E-state index < -0.39 is 6.36 Å². The zero-order chi connectivity index (χ0) is 17.2. The van der Waals surface area contributed by atoms with Crippen molar-refractivity contribution in [2.75, 3.05) is 11.4 Å². The molecule has 1 saturated heterocycles. The first-order valence-corrected chi connectivity index (χ1v) is 7.63. The van der Waals surface area contributed by atoms with Crippen molar-refractivity contribution in [3.63, 3.8) is 0 Å². The predicted molar refractivity (Wildman–Crippen MR) is 83.9 cm³/mol. The van der Waals surface area contributed by atoms with E-state index in [4.69, 9.17) is 0 Å². The maximum Gasteiger partial charge on any atom is 0.573 e. The van der Waals surface area contributed by atoms with Crippen LogP contribution in [0.5, 0.6) is 5.75 Å². The molecule has 0 N–H and O–H groups in total. The number of rotatable bonds is 3. The summed E-state index contributed by atoms with van der Waals surface area (Å²) in [5.74, 6) is -0.100. The minimum atomic E-state index is -4.72. The van der Waals surface area contributed by atoms with Crippen LogP contribution in [0.15, 0.2) is 54.6 Å². The van der Waals surface area contributed by atoms with E-state index in [0.29, 0.717) is 18.7 Å². The van der Waals surface area contributed by atoms with Gasteiger partial charge in [0.1, 0.15) is 5.75 Å². The molecule has 1 fully saturated rings. The predicted octanol–water partition coefficient (Wildman–Crippen LogP) is 4.50. The largest absolute Gasteiger partial charge is 0.573 e. The minimum absolute atomic E-state index is 0.0216. The summed E-state index contributed by atoms with van der Waals surface area (Å²) in [5.41, 5.74) is 1.74. The first-order chi connectivity index (χ1) is 11.4. The number of piperidine rings is 1. The Morgan fingerprint density at radius 3 is 2.29 bits per heavy atom. The Balaban J connectivity index is 1.76. The van der Waals surface area contributed by atoms with Gasteiger partial charge in [0.15, 0.2) is 0 Å². The zero-order valence-corrected chi connectivity index (χ0v) is 12.8. The Labute approximate surface area is 137 Å². The van der Waals surface area contributed by atoms with Gasteiger partial charge in [0.05, 0.1) is 0 Å². The van der Waals surface area contributed by atoms with Crippen molar-refractivity contribution >= 4 is 11.6 Å². The number of carbonyl (C=O) groups excluding carboxylic acids is 1. The third-order valence-corrected chi connectivity index (χ3v) is 4.06. The van der Waals surface area contributed by atoms with Gasteiger partial charge in [-0.2, -0.15) is 0 Å². The molecule has 0 aliphatic carbocycles. The van der Waals surface area contributed by atoms with Gasteiger partial charge in [0.25, 0.3) is 0 Å². The molecule has 3 rings (SSSR count). The molecule has 6 heteroatoms. The van der Waals surface area contributed by atoms with Gasteiger partial charge in [0.2, 0.25) is 5.91 Å². The van der Waals surface area contributed by atoms with Gasteiger partial charge >= 0.3 is 6.36 Å². The number of carbonyl (C=O) groups is 1. The quantitative estimate of drug-likeness (QED) is 0.827. The summed E-state index contributed by atoms with van der Waals surface area (Å²) < 4.78 is 40.5. The Kier molecular flexibility index (Phi) is 4.46. The fourth-order valence-corrected chi connectivity index (χ4v) is 2.92. The number of ether oxygens (including phenoxy) is 1. The van der Waals surface area contributed by atoms with Gasteiger partial charge in [0, 0.05) is 24.6 Å². The first-order valence-electron chi connectivity index (χ1n) is 7.63. The summed E-state index contributed by atoms with van der Waals surface area (Å²) in [7, 11) is 0. The molecule has 126 valence electrons. The lowest BCUT2D eigenvalue weighted by Gasteiger charge is -2.33. The van der Waals surface area contributed by atoms with Crippen molar-refractivity contribution in [2.24, 2.45) is 0 Å². The average Bonchev–Trinajstić information content (AvgIpc) is 2.56. The molecule has 3 nitrogen and oxygen atoms in total. The van der Waals surface area contributed by atoms with E-state index in [1.54, 1.807) is 4.90 Å². The van der Waals surface area contributed by atoms with Crippen LogP contribution in [0.2, 0.25) is 0 Å². The lowest BCUT2D eigenvalue weighted by atomic mass is 9.90. The molecule has 2 aromatic rings. The molecule has 0 aromatic heterocycles. The Morgan fingerprint density at radius 2 is 1.67 bits per heavy atom. The van der Waals surface area contributed by atoms with Crippen molar-refractivity contribution in [1.29, 1.82) is 0 Å². The molecule has 24 heavy (non-hydrogen) atoms. The molecule has 0 radical (unpaired) electrons. The third kappa shape index (κ3) is 3.88. The smallest absolute Gasteiger partial charge is 0.406 e. The van der Waals surface area contributed by atoms with E-state index >= 15 is 0 Å². The Morgan fingerprint density at radius 1 is 1.00 bits per heavy atom. The molecule has 1 aliphatic heterocycles. The number of benzene rings is 2. The van der Waals surface area contributed by atoms with Gasteiger partial charge in [-0.15, -0.1) is 13.2 Å². The second kappa shape index (κ2) is 6.55. The van der Waals surface area contributed by atoms with Crippen molar-refractivity contribution in [3.8, 4) is 5.75 Å². The van der Waals surface area contributed by atoms with E-state index in [1.807, 2.05) is 30.3 Å². The normalized spacial score (nSPS) is 18.5. The monoisotopic (exact) mass is 335 g/mol. The third-order valence-electron chi connectivity index (χ3n) is 4.06. The second-order valence-corrected chi connectivity index (χ2v) is 5.69. The van der Waals surface area contributed by atoms with Crippen LogP contribution in [0.1, 0.15) is 24.3 Å². The maximum absolute atomic E-state index is 12.2. The van der Waals surface area contributed by atoms with Crippen LogP contribution < -0.4 is 9.64 Å². The molecule has 2 aromatic carbocycles. The lowest BCUT2D eigenvalue weighted by molar-refractivity contribution is -0.274. The van der Waals surface area contributed by atoms with E-state index in [0.717, 1.165) is 12.0 Å². The van der Waals surface area contributed by atoms with Crippen molar-refractivity contribution in [3.05, 3.63) is 60.2 Å². The lowest BCUT2D eigenvalue weighted by Crippen LogP contribution is -2.39. The standard InChI is InChI=1S/C18H16F3NO2/c19-18(20,21)24-16-9-7-15(8-10-16)22-12-14(6-11-17(22)23)13-4-2-1-3-5-13/h1-5,7-10,14H,6,11-12H2. The Hall–Kier alpha value is -2.50. The molecule has 1 atom stereocenters. The minimum Gasteiger partial charge on any atom is -0.406 e. The zero-order valence-electron chi connectivity index (χ0n) is 12.8. The van der Waals surface area contributed by atoms with Crippen molar-refractivity contribution in [1.82, 2.24) is 0 Å². The SMILES string of the molecule is O=C1CCC(c2ccccc2)CN1c1ccc(OC(F)(F)F)cc1. The summed E-state index contributed by atoms with van der Waals surface area (Å²) in [4.78, 5) is 13.8. The summed E-state index contributed by atoms with van der Waals surface area (Å²) >= 11 is 0. The summed E-state index contributed by atoms with van der Waals surface area (Å²) in [6, 6.07) is 15.3. The van der Waals surface area contributed by atoms with E-state index in [9.17, 15) is 18.0 Å². The van der Waals surface area contributed by atoms with E-state index in [2.05, 4.69) is 4.74 Å². The Bertz CT molecular complexity index is 698. The number of alkyl halides is 3. The highest BCUT2D eigenvalue weighted by molar-refractivity contribution is 5.94. The van der Waals surface area contributed by atoms with Gasteiger partial charge in [-0.25, -0.2) is 0 Å². The number of hydrogen-bond acceptors (Lipinski definition) is 2. The summed E-state index contributed by atoms with van der Waals surface area (Å²) in [6.45, 7) is 0.516. The van der Waals surface area contributed by atoms with Crippen LogP contribution in [0.3, 0.4) is 0 Å². The van der Waals surface area contributed by atoms with Gasteiger partial charge in [-0.3, -0.25) is 4.79 Å². The number of amides is 1. The van der Waals surface area contributed by atoms with Gasteiger partial charge < -0.3 is 9.64 Å². The van der Waals surface area contributed by atoms with Crippen LogP contribution in [-0.4, -0.2) is 18.8 Å². The molecule has 1 aliphatic rings. The molecule has 0 bridgehead atoms. The van der Waals surface area contributed by atoms with Crippen LogP contribution in [-0.2, 0) is 4.79 Å². The number of nitrogens with zero attached hydrogens (tertiary/aromatic N) is 1. The van der Waals surface area contributed by atoms with E-state index in [-0.39, 0.29) is 17.6 Å². The highest BCUT2D eigenvalue weighted by Gasteiger charge is 2.31. The fourth-order valence-electron chi connectivity index (χ4n) is 2.92. The van der Waals surface area contributed by atoms with Crippen LogP contribution in [0, 0.1) is 0 Å². The number of anilines is 1. The molecule has 1 amide bonds. The van der Waals surface area contributed by atoms with Crippen molar-refractivity contribution in [2.45, 2.75) is 25.1 Å². The summed E-state index contributed by atoms with van der Waals surface area (Å²) in [6.07, 6.45) is -3.53. The highest BCUT2D eigenvalue weighted by atomic mass is 19.4. The first kappa shape index (κ1) is 16.4. The molecule has 1 heterocycles. The summed E-state index contributed by atoms with van der Waals surface area (Å²) in [5, 5.41) is 0. The van der Waals surface area contributed by atoms with Crippen molar-refractivity contribution < 1.29 is 22.7 Å².